The van der Waals surface area contributed by atoms with Gasteiger partial charge in [0.05, 0.1) is 0 Å². The lowest BCUT2D eigenvalue weighted by molar-refractivity contribution is 0.0936. The molecule has 7 heteroatoms. The summed E-state index contributed by atoms with van der Waals surface area (Å²) in [4.78, 5) is 11.3. The summed E-state index contributed by atoms with van der Waals surface area (Å²) in [7, 11) is 0. The van der Waals surface area contributed by atoms with Crippen molar-refractivity contribution in [2.75, 3.05) is 5.32 Å². The molecule has 24 heavy (non-hydrogen) atoms. The zero-order valence-corrected chi connectivity index (χ0v) is 15.3. The van der Waals surface area contributed by atoms with Gasteiger partial charge in [-0.3, -0.25) is 4.79 Å². The van der Waals surface area contributed by atoms with Gasteiger partial charge in [-0.25, -0.2) is 0 Å². The number of carbonyl (C=O) groups is 1. The van der Waals surface area contributed by atoms with Gasteiger partial charge in [0, 0.05) is 11.3 Å². The number of hydrogen-bond donors (Lipinski definition) is 3. The van der Waals surface area contributed by atoms with E-state index in [1.807, 2.05) is 37.3 Å². The zero-order valence-electron chi connectivity index (χ0n) is 12.9. The minimum Gasteiger partial charge on any atom is -0.340 e. The van der Waals surface area contributed by atoms with Crippen molar-refractivity contribution in [2.45, 2.75) is 17.9 Å². The van der Waals surface area contributed by atoms with Crippen molar-refractivity contribution >= 4 is 52.1 Å². The highest BCUT2D eigenvalue weighted by Crippen LogP contribution is 2.10. The molecule has 2 rings (SSSR count). The Hall–Kier alpha value is -1.82. The van der Waals surface area contributed by atoms with Crippen molar-refractivity contribution in [3.63, 3.8) is 0 Å². The van der Waals surface area contributed by atoms with Crippen LogP contribution in [0.4, 0.5) is 5.69 Å². The lowest BCUT2D eigenvalue weighted by Gasteiger charge is -2.23. The van der Waals surface area contributed by atoms with Crippen molar-refractivity contribution < 1.29 is 4.79 Å². The predicted molar refractivity (Wildman–Crippen MR) is 104 cm³/mol. The fourth-order valence-corrected chi connectivity index (χ4v) is 2.42. The van der Waals surface area contributed by atoms with Crippen LogP contribution >= 0.6 is 35.4 Å². The average Bonchev–Trinajstić information content (AvgIpc) is 2.57. The Bertz CT molecular complexity index is 693. The second kappa shape index (κ2) is 8.87. The molecule has 4 nitrogen and oxygen atoms in total. The lowest BCUT2D eigenvalue weighted by atomic mass is 10.2. The van der Waals surface area contributed by atoms with Gasteiger partial charge < -0.3 is 16.0 Å². The molecule has 0 aliphatic rings. The fraction of sp³-hybridized carbons (Fsp3) is 0.176. The molecule has 0 saturated heterocycles. The van der Waals surface area contributed by atoms with Crippen molar-refractivity contribution in [3.05, 3.63) is 65.7 Å². The molecule has 1 atom stereocenters. The number of amides is 1. The summed E-state index contributed by atoms with van der Waals surface area (Å²) in [5, 5.41) is 8.95. The van der Waals surface area contributed by atoms with E-state index in [0.717, 1.165) is 11.3 Å². The quantitative estimate of drug-likeness (QED) is 0.418. The molecular weight excluding hydrogens is 365 g/mol. The van der Waals surface area contributed by atoms with E-state index >= 15 is 0 Å². The summed E-state index contributed by atoms with van der Waals surface area (Å²) >= 11 is 17.1. The average molecular weight is 382 g/mol. The first-order valence-corrected chi connectivity index (χ1v) is 8.52. The Morgan fingerprint density at radius 2 is 1.62 bits per heavy atom. The van der Waals surface area contributed by atoms with Crippen molar-refractivity contribution in [1.82, 2.24) is 10.6 Å². The van der Waals surface area contributed by atoms with Gasteiger partial charge in [0.15, 0.2) is 5.11 Å². The van der Waals surface area contributed by atoms with E-state index in [-0.39, 0.29) is 5.91 Å². The first-order valence-electron chi connectivity index (χ1n) is 7.24. The minimum absolute atomic E-state index is 0.294. The third kappa shape index (κ3) is 5.67. The Morgan fingerprint density at radius 3 is 2.21 bits per heavy atom. The van der Waals surface area contributed by atoms with Gasteiger partial charge >= 0.3 is 0 Å². The first-order chi connectivity index (χ1) is 11.5. The molecule has 0 saturated carbocycles. The number of hydrogen-bond acceptors (Lipinski definition) is 2. The number of halogens is 2. The first kappa shape index (κ1) is 18.5. The van der Waals surface area contributed by atoms with Crippen LogP contribution in [0.2, 0.25) is 0 Å². The van der Waals surface area contributed by atoms with E-state index in [1.165, 1.54) is 0 Å². The van der Waals surface area contributed by atoms with Crippen LogP contribution in [0.1, 0.15) is 15.9 Å². The third-order valence-electron chi connectivity index (χ3n) is 3.17. The summed E-state index contributed by atoms with van der Waals surface area (Å²) in [6.45, 7) is 2.00. The molecule has 126 valence electrons. The van der Waals surface area contributed by atoms with Gasteiger partial charge in [0.25, 0.3) is 5.91 Å². The van der Waals surface area contributed by atoms with Gasteiger partial charge in [0.1, 0.15) is 11.0 Å². The molecule has 0 heterocycles. The van der Waals surface area contributed by atoms with E-state index in [0.29, 0.717) is 10.7 Å². The maximum Gasteiger partial charge on any atom is 0.252 e. The highest BCUT2D eigenvalue weighted by Gasteiger charge is 2.21. The zero-order chi connectivity index (χ0) is 17.5. The Balaban J connectivity index is 1.96. The highest BCUT2D eigenvalue weighted by atomic mass is 35.5. The summed E-state index contributed by atoms with van der Waals surface area (Å²) in [6, 6.07) is 16.5. The molecule has 0 bridgehead atoms. The lowest BCUT2D eigenvalue weighted by Crippen LogP contribution is -2.52. The van der Waals surface area contributed by atoms with Gasteiger partial charge in [-0.1, -0.05) is 35.9 Å². The number of thiocarbonyl (C=S) groups is 1. The summed E-state index contributed by atoms with van der Waals surface area (Å²) in [5.41, 5.74) is 2.48. The largest absolute Gasteiger partial charge is 0.340 e. The molecule has 0 fully saturated rings. The summed E-state index contributed by atoms with van der Waals surface area (Å²) in [5.74, 6) is -0.294. The van der Waals surface area contributed by atoms with Crippen molar-refractivity contribution in [2.24, 2.45) is 0 Å². The molecular formula is C17H17Cl2N3OS. The molecule has 1 unspecified atom stereocenters. The Morgan fingerprint density at radius 1 is 1.00 bits per heavy atom. The van der Waals surface area contributed by atoms with E-state index in [9.17, 15) is 4.79 Å². The standard InChI is InChI=1S/C17H17Cl2N3OS/c1-11-7-9-13(10-8-11)20-17(24)22-15(14(18)19)21-16(23)12-5-3-2-4-6-12/h2-10,14-15H,1H3,(H,21,23)(H2,20,22,24). The second-order valence-electron chi connectivity index (χ2n) is 5.12. The fourth-order valence-electron chi connectivity index (χ4n) is 1.92. The van der Waals surface area contributed by atoms with Crippen LogP contribution in [0.15, 0.2) is 54.6 Å². The number of nitrogens with one attached hydrogen (secondary N) is 3. The van der Waals surface area contributed by atoms with Crippen LogP contribution in [0.25, 0.3) is 0 Å². The molecule has 2 aromatic carbocycles. The van der Waals surface area contributed by atoms with E-state index in [2.05, 4.69) is 16.0 Å². The predicted octanol–water partition coefficient (Wildman–Crippen LogP) is 3.84. The van der Waals surface area contributed by atoms with Crippen LogP contribution < -0.4 is 16.0 Å². The molecule has 0 spiro atoms. The van der Waals surface area contributed by atoms with Crippen molar-refractivity contribution in [3.8, 4) is 0 Å². The molecule has 0 aromatic heterocycles. The monoisotopic (exact) mass is 381 g/mol. The summed E-state index contributed by atoms with van der Waals surface area (Å²) < 4.78 is 0. The highest BCUT2D eigenvalue weighted by molar-refractivity contribution is 7.80. The number of anilines is 1. The van der Waals surface area contributed by atoms with Gasteiger partial charge in [-0.2, -0.15) is 0 Å². The smallest absolute Gasteiger partial charge is 0.252 e. The number of rotatable bonds is 5. The number of alkyl halides is 2. The molecule has 1 amide bonds. The normalized spacial score (nSPS) is 11.7. The second-order valence-corrected chi connectivity index (χ2v) is 6.69. The van der Waals surface area contributed by atoms with Crippen LogP contribution in [0.3, 0.4) is 0 Å². The molecule has 0 radical (unpaired) electrons. The minimum atomic E-state index is -0.879. The summed E-state index contributed by atoms with van der Waals surface area (Å²) in [6.07, 6.45) is -0.730. The molecule has 3 N–H and O–H groups in total. The van der Waals surface area contributed by atoms with Crippen LogP contribution in [0.5, 0.6) is 0 Å². The molecule has 0 aliphatic heterocycles. The topological polar surface area (TPSA) is 53.2 Å². The molecule has 0 aliphatic carbocycles. The maximum absolute atomic E-state index is 12.2. The van der Waals surface area contributed by atoms with E-state index < -0.39 is 11.0 Å². The number of benzene rings is 2. The van der Waals surface area contributed by atoms with Crippen LogP contribution in [0, 0.1) is 6.92 Å². The van der Waals surface area contributed by atoms with Gasteiger partial charge in [-0.05, 0) is 43.4 Å². The van der Waals surface area contributed by atoms with Crippen molar-refractivity contribution in [1.29, 1.82) is 0 Å². The molecule has 2 aromatic rings. The Labute approximate surface area is 156 Å². The maximum atomic E-state index is 12.2. The van der Waals surface area contributed by atoms with Crippen LogP contribution in [-0.4, -0.2) is 22.0 Å². The Kier molecular flexibility index (Phi) is 6.85. The van der Waals surface area contributed by atoms with E-state index in [1.54, 1.807) is 24.3 Å². The number of carbonyl (C=O) groups excluding carboxylic acids is 1. The number of aryl methyl sites for hydroxylation is 1. The van der Waals surface area contributed by atoms with Crippen LogP contribution in [-0.2, 0) is 0 Å². The third-order valence-corrected chi connectivity index (χ3v) is 3.89. The van der Waals surface area contributed by atoms with Gasteiger partial charge in [0.2, 0.25) is 0 Å². The SMILES string of the molecule is Cc1ccc(NC(=S)NC(NC(=O)c2ccccc2)C(Cl)Cl)cc1. The van der Waals surface area contributed by atoms with E-state index in [4.69, 9.17) is 35.4 Å². The van der Waals surface area contributed by atoms with Gasteiger partial charge in [-0.15, -0.1) is 23.2 Å².